The van der Waals surface area contributed by atoms with Crippen molar-refractivity contribution in [1.29, 1.82) is 0 Å². The van der Waals surface area contributed by atoms with Crippen LogP contribution in [0, 0.1) is 13.8 Å². The molecule has 0 radical (unpaired) electrons. The third-order valence-electron chi connectivity index (χ3n) is 4.44. The standard InChI is InChI=1S/C21H21N3O4/c1-13-4-6-16(7-5-13)24-19(10-14(2)23-24)22-21(25)15-11-17(26-3)20-18(12-15)27-8-9-28-20/h4-7,10-12H,8-9H2,1-3H3,(H,22,25). The maximum absolute atomic E-state index is 12.9. The summed E-state index contributed by atoms with van der Waals surface area (Å²) in [6, 6.07) is 13.1. The monoisotopic (exact) mass is 379 g/mol. The van der Waals surface area contributed by atoms with Crippen molar-refractivity contribution in [2.75, 3.05) is 25.6 Å². The van der Waals surface area contributed by atoms with Crippen LogP contribution in [0.1, 0.15) is 21.6 Å². The summed E-state index contributed by atoms with van der Waals surface area (Å²) >= 11 is 0. The second kappa shape index (κ2) is 7.26. The molecule has 28 heavy (non-hydrogen) atoms. The second-order valence-electron chi connectivity index (χ2n) is 6.58. The molecule has 0 aliphatic carbocycles. The first kappa shape index (κ1) is 17.9. The summed E-state index contributed by atoms with van der Waals surface area (Å²) < 4.78 is 18.3. The fraction of sp³-hybridized carbons (Fsp3) is 0.238. The number of nitrogens with one attached hydrogen (secondary N) is 1. The van der Waals surface area contributed by atoms with E-state index in [1.54, 1.807) is 16.8 Å². The number of amides is 1. The van der Waals surface area contributed by atoms with Crippen molar-refractivity contribution in [2.45, 2.75) is 13.8 Å². The summed E-state index contributed by atoms with van der Waals surface area (Å²) in [7, 11) is 1.53. The van der Waals surface area contributed by atoms with Crippen molar-refractivity contribution in [3.05, 3.63) is 59.3 Å². The van der Waals surface area contributed by atoms with Crippen LogP contribution in [0.15, 0.2) is 42.5 Å². The average molecular weight is 379 g/mol. The number of hydrogen-bond acceptors (Lipinski definition) is 5. The molecule has 0 spiro atoms. The van der Waals surface area contributed by atoms with Crippen molar-refractivity contribution in [3.8, 4) is 22.9 Å². The highest BCUT2D eigenvalue weighted by atomic mass is 16.6. The van der Waals surface area contributed by atoms with E-state index in [1.165, 1.54) is 7.11 Å². The lowest BCUT2D eigenvalue weighted by Crippen LogP contribution is -2.19. The number of carbonyl (C=O) groups is 1. The highest BCUT2D eigenvalue weighted by Gasteiger charge is 2.21. The Labute approximate surface area is 162 Å². The molecule has 2 heterocycles. The Balaban J connectivity index is 1.65. The van der Waals surface area contributed by atoms with Gasteiger partial charge in [-0.05, 0) is 38.1 Å². The van der Waals surface area contributed by atoms with Gasteiger partial charge in [0.1, 0.15) is 19.0 Å². The molecule has 4 rings (SSSR count). The summed E-state index contributed by atoms with van der Waals surface area (Å²) in [5.41, 5.74) is 3.24. The first-order valence-corrected chi connectivity index (χ1v) is 8.98. The van der Waals surface area contributed by atoms with Gasteiger partial charge in [-0.15, -0.1) is 0 Å². The van der Waals surface area contributed by atoms with Crippen molar-refractivity contribution in [1.82, 2.24) is 9.78 Å². The summed E-state index contributed by atoms with van der Waals surface area (Å²) in [6.45, 7) is 4.79. The van der Waals surface area contributed by atoms with E-state index >= 15 is 0 Å². The third kappa shape index (κ3) is 3.38. The molecular formula is C21H21N3O4. The topological polar surface area (TPSA) is 74.6 Å². The number of carbonyl (C=O) groups excluding carboxylic acids is 1. The van der Waals surface area contributed by atoms with E-state index in [4.69, 9.17) is 14.2 Å². The van der Waals surface area contributed by atoms with Crippen LogP contribution in [0.3, 0.4) is 0 Å². The van der Waals surface area contributed by atoms with Gasteiger partial charge in [0, 0.05) is 11.6 Å². The Morgan fingerprint density at radius 1 is 1.11 bits per heavy atom. The zero-order valence-corrected chi connectivity index (χ0v) is 16.0. The van der Waals surface area contributed by atoms with Gasteiger partial charge in [0.05, 0.1) is 18.5 Å². The molecule has 2 aromatic carbocycles. The lowest BCUT2D eigenvalue weighted by molar-refractivity contribution is 0.102. The molecule has 0 atom stereocenters. The Hall–Kier alpha value is -3.48. The molecule has 1 amide bonds. The number of nitrogens with zero attached hydrogens (tertiary/aromatic N) is 2. The summed E-state index contributed by atoms with van der Waals surface area (Å²) in [5, 5.41) is 7.42. The minimum absolute atomic E-state index is 0.288. The fourth-order valence-corrected chi connectivity index (χ4v) is 3.06. The fourth-order valence-electron chi connectivity index (χ4n) is 3.06. The highest BCUT2D eigenvalue weighted by Crippen LogP contribution is 2.40. The Morgan fingerprint density at radius 3 is 2.61 bits per heavy atom. The lowest BCUT2D eigenvalue weighted by atomic mass is 10.1. The zero-order valence-electron chi connectivity index (χ0n) is 16.0. The Morgan fingerprint density at radius 2 is 1.86 bits per heavy atom. The van der Waals surface area contributed by atoms with Crippen LogP contribution in [0.2, 0.25) is 0 Å². The van der Waals surface area contributed by atoms with Gasteiger partial charge in [-0.1, -0.05) is 17.7 Å². The summed E-state index contributed by atoms with van der Waals surface area (Å²) in [6.07, 6.45) is 0. The predicted octanol–water partition coefficient (Wildman–Crippen LogP) is 3.52. The molecule has 1 aliphatic heterocycles. The van der Waals surface area contributed by atoms with Crippen molar-refractivity contribution >= 4 is 11.7 Å². The molecule has 0 bridgehead atoms. The van der Waals surface area contributed by atoms with Crippen molar-refractivity contribution in [3.63, 3.8) is 0 Å². The van der Waals surface area contributed by atoms with Gasteiger partial charge < -0.3 is 19.5 Å². The first-order chi connectivity index (χ1) is 13.5. The molecule has 1 aromatic heterocycles. The van der Waals surface area contributed by atoms with E-state index in [-0.39, 0.29) is 5.91 Å². The summed E-state index contributed by atoms with van der Waals surface area (Å²) in [5.74, 6) is 1.78. The highest BCUT2D eigenvalue weighted by molar-refractivity contribution is 6.04. The molecule has 0 fully saturated rings. The summed E-state index contributed by atoms with van der Waals surface area (Å²) in [4.78, 5) is 12.9. The van der Waals surface area contributed by atoms with Gasteiger partial charge in [0.2, 0.25) is 5.75 Å². The van der Waals surface area contributed by atoms with Gasteiger partial charge >= 0.3 is 0 Å². The van der Waals surface area contributed by atoms with Crippen LogP contribution < -0.4 is 19.5 Å². The van der Waals surface area contributed by atoms with Gasteiger partial charge in [-0.25, -0.2) is 4.68 Å². The zero-order chi connectivity index (χ0) is 19.7. The van der Waals surface area contributed by atoms with Crippen LogP contribution >= 0.6 is 0 Å². The number of rotatable bonds is 4. The quantitative estimate of drug-likeness (QED) is 0.751. The largest absolute Gasteiger partial charge is 0.493 e. The van der Waals surface area contributed by atoms with Crippen molar-refractivity contribution < 1.29 is 19.0 Å². The number of benzene rings is 2. The maximum Gasteiger partial charge on any atom is 0.257 e. The maximum atomic E-state index is 12.9. The van der Waals surface area contributed by atoms with E-state index in [0.717, 1.165) is 16.9 Å². The van der Waals surface area contributed by atoms with Gasteiger partial charge in [0.25, 0.3) is 5.91 Å². The average Bonchev–Trinajstić information content (AvgIpc) is 3.07. The van der Waals surface area contributed by atoms with Crippen LogP contribution in [-0.4, -0.2) is 36.0 Å². The van der Waals surface area contributed by atoms with E-state index < -0.39 is 0 Å². The predicted molar refractivity (Wildman–Crippen MR) is 105 cm³/mol. The van der Waals surface area contributed by atoms with E-state index in [2.05, 4.69) is 10.4 Å². The van der Waals surface area contributed by atoms with Gasteiger partial charge in [-0.3, -0.25) is 4.79 Å². The molecule has 1 aliphatic rings. The Bertz CT molecular complexity index is 1010. The van der Waals surface area contributed by atoms with Crippen LogP contribution in [-0.2, 0) is 0 Å². The number of aryl methyl sites for hydroxylation is 2. The SMILES string of the molecule is COc1cc(C(=O)Nc2cc(C)nn2-c2ccc(C)cc2)cc2c1OCCO2. The number of hydrogen-bond donors (Lipinski definition) is 1. The number of ether oxygens (including phenoxy) is 3. The minimum Gasteiger partial charge on any atom is -0.493 e. The smallest absolute Gasteiger partial charge is 0.257 e. The molecule has 1 N–H and O–H groups in total. The normalized spacial score (nSPS) is 12.5. The molecule has 7 heteroatoms. The van der Waals surface area contributed by atoms with Gasteiger partial charge in [-0.2, -0.15) is 5.10 Å². The van der Waals surface area contributed by atoms with Crippen molar-refractivity contribution in [2.24, 2.45) is 0 Å². The van der Waals surface area contributed by atoms with Crippen LogP contribution in [0.4, 0.5) is 5.82 Å². The van der Waals surface area contributed by atoms with Gasteiger partial charge in [0.15, 0.2) is 11.5 Å². The number of fused-ring (bicyclic) bond motifs is 1. The molecule has 3 aromatic rings. The first-order valence-electron chi connectivity index (χ1n) is 8.98. The number of aromatic nitrogens is 2. The third-order valence-corrected chi connectivity index (χ3v) is 4.44. The molecular weight excluding hydrogens is 358 g/mol. The molecule has 7 nitrogen and oxygen atoms in total. The number of anilines is 1. The second-order valence-corrected chi connectivity index (χ2v) is 6.58. The van der Waals surface area contributed by atoms with E-state index in [1.807, 2.05) is 44.2 Å². The minimum atomic E-state index is -0.288. The molecule has 0 unspecified atom stereocenters. The Kier molecular flexibility index (Phi) is 4.65. The number of methoxy groups -OCH3 is 1. The van der Waals surface area contributed by atoms with Crippen LogP contribution in [0.25, 0.3) is 5.69 Å². The van der Waals surface area contributed by atoms with E-state index in [9.17, 15) is 4.79 Å². The molecule has 0 saturated heterocycles. The lowest BCUT2D eigenvalue weighted by Gasteiger charge is -2.21. The van der Waals surface area contributed by atoms with E-state index in [0.29, 0.717) is 41.8 Å². The van der Waals surface area contributed by atoms with Crippen LogP contribution in [0.5, 0.6) is 17.2 Å². The molecule has 144 valence electrons. The molecule has 0 saturated carbocycles.